The van der Waals surface area contributed by atoms with E-state index in [2.05, 4.69) is 10.3 Å². The van der Waals surface area contributed by atoms with E-state index in [1.54, 1.807) is 0 Å². The van der Waals surface area contributed by atoms with Crippen LogP contribution in [0.4, 0.5) is 5.13 Å². The van der Waals surface area contributed by atoms with E-state index in [9.17, 15) is 4.79 Å². The van der Waals surface area contributed by atoms with Crippen molar-refractivity contribution in [2.75, 3.05) is 5.32 Å². The van der Waals surface area contributed by atoms with Crippen molar-refractivity contribution in [3.63, 3.8) is 0 Å². The van der Waals surface area contributed by atoms with E-state index >= 15 is 0 Å². The lowest BCUT2D eigenvalue weighted by Crippen LogP contribution is -2.10. The molecule has 2 aromatic heterocycles. The Hall–Kier alpha value is -1.92. The minimum Gasteiger partial charge on any atom is -0.297 e. The number of thiophene rings is 1. The van der Waals surface area contributed by atoms with E-state index in [4.69, 9.17) is 23.2 Å². The number of carbonyl (C=O) groups is 1. The Bertz CT molecular complexity index is 1070. The summed E-state index contributed by atoms with van der Waals surface area (Å²) in [4.78, 5) is 17.5. The lowest BCUT2D eigenvalue weighted by molar-refractivity contribution is 0.103. The monoisotopic (exact) mass is 404 g/mol. The third kappa shape index (κ3) is 3.28. The molecule has 3 nitrogen and oxygen atoms in total. The first-order valence-corrected chi connectivity index (χ1v) is 9.77. The third-order valence-electron chi connectivity index (χ3n) is 3.61. The van der Waals surface area contributed by atoms with E-state index in [0.717, 1.165) is 21.3 Å². The molecule has 25 heavy (non-hydrogen) atoms. The molecule has 0 aliphatic carbocycles. The van der Waals surface area contributed by atoms with Gasteiger partial charge in [-0.25, -0.2) is 4.98 Å². The number of nitrogens with zero attached hydrogens (tertiary/aromatic N) is 1. The number of carbonyl (C=O) groups excluding carboxylic acids is 1. The van der Waals surface area contributed by atoms with Crippen LogP contribution in [0.3, 0.4) is 0 Å². The highest BCUT2D eigenvalue weighted by Gasteiger charge is 2.18. The molecule has 4 aromatic rings. The van der Waals surface area contributed by atoms with Crippen LogP contribution in [-0.4, -0.2) is 10.9 Å². The molecule has 0 atom stereocenters. The molecule has 0 aliphatic heterocycles. The van der Waals surface area contributed by atoms with E-state index < -0.39 is 0 Å². The van der Waals surface area contributed by atoms with Crippen LogP contribution in [0.15, 0.2) is 53.9 Å². The first kappa shape index (κ1) is 16.5. The summed E-state index contributed by atoms with van der Waals surface area (Å²) in [5.74, 6) is -0.247. The average molecular weight is 405 g/mol. The topological polar surface area (TPSA) is 42.0 Å². The van der Waals surface area contributed by atoms with Crippen LogP contribution in [0, 0.1) is 0 Å². The van der Waals surface area contributed by atoms with Crippen molar-refractivity contribution in [2.45, 2.75) is 0 Å². The lowest BCUT2D eigenvalue weighted by atomic mass is 10.2. The van der Waals surface area contributed by atoms with Gasteiger partial charge in [0.25, 0.3) is 5.91 Å². The molecule has 124 valence electrons. The number of fused-ring (bicyclic) bond motifs is 1. The molecule has 4 rings (SSSR count). The predicted molar refractivity (Wildman–Crippen MR) is 107 cm³/mol. The Labute approximate surface area is 161 Å². The first-order chi connectivity index (χ1) is 12.1. The predicted octanol–water partition coefficient (Wildman–Crippen LogP) is 6.58. The molecule has 7 heteroatoms. The zero-order chi connectivity index (χ0) is 17.4. The lowest BCUT2D eigenvalue weighted by Gasteiger charge is -2.00. The molecule has 0 unspecified atom stereocenters. The number of anilines is 1. The van der Waals surface area contributed by atoms with Crippen molar-refractivity contribution in [3.05, 3.63) is 68.8 Å². The van der Waals surface area contributed by atoms with Gasteiger partial charge < -0.3 is 0 Å². The number of halogens is 2. The van der Waals surface area contributed by atoms with Gasteiger partial charge in [0.15, 0.2) is 5.13 Å². The number of rotatable bonds is 3. The van der Waals surface area contributed by atoms with Crippen molar-refractivity contribution >= 4 is 67.0 Å². The Morgan fingerprint density at radius 3 is 2.56 bits per heavy atom. The summed E-state index contributed by atoms with van der Waals surface area (Å²) in [6.45, 7) is 0. The normalized spacial score (nSPS) is 11.0. The van der Waals surface area contributed by atoms with E-state index in [-0.39, 0.29) is 5.91 Å². The maximum absolute atomic E-state index is 12.6. The molecule has 0 spiro atoms. The molecule has 2 heterocycles. The van der Waals surface area contributed by atoms with Gasteiger partial charge in [0.2, 0.25) is 0 Å². The van der Waals surface area contributed by atoms with Crippen LogP contribution in [0.1, 0.15) is 9.67 Å². The summed E-state index contributed by atoms with van der Waals surface area (Å²) >= 11 is 15.0. The second-order valence-electron chi connectivity index (χ2n) is 5.24. The summed E-state index contributed by atoms with van der Waals surface area (Å²) in [6, 6.07) is 15.1. The van der Waals surface area contributed by atoms with Crippen molar-refractivity contribution in [2.24, 2.45) is 0 Å². The zero-order valence-corrected chi connectivity index (χ0v) is 15.8. The molecule has 0 bridgehead atoms. The standard InChI is InChI=1S/C18H10Cl2N2OS2/c19-11-7-5-10(6-8-11)13-9-24-18(21-13)22-17(23)16-15(20)12-3-1-2-4-14(12)25-16/h1-9H,(H,21,22,23). The van der Waals surface area contributed by atoms with Gasteiger partial charge in [-0.05, 0) is 18.2 Å². The number of thiazole rings is 1. The van der Waals surface area contributed by atoms with Gasteiger partial charge in [-0.3, -0.25) is 10.1 Å². The van der Waals surface area contributed by atoms with Crippen molar-refractivity contribution in [1.29, 1.82) is 0 Å². The number of aromatic nitrogens is 1. The molecule has 0 aliphatic rings. The molecule has 0 radical (unpaired) electrons. The largest absolute Gasteiger partial charge is 0.297 e. The van der Waals surface area contributed by atoms with Crippen LogP contribution < -0.4 is 5.32 Å². The summed E-state index contributed by atoms with van der Waals surface area (Å²) < 4.78 is 0.985. The van der Waals surface area contributed by atoms with Crippen molar-refractivity contribution < 1.29 is 4.79 Å². The van der Waals surface area contributed by atoms with Gasteiger partial charge in [-0.15, -0.1) is 22.7 Å². The smallest absolute Gasteiger partial charge is 0.269 e. The maximum Gasteiger partial charge on any atom is 0.269 e. The van der Waals surface area contributed by atoms with Crippen molar-refractivity contribution in [1.82, 2.24) is 4.98 Å². The number of hydrogen-bond donors (Lipinski definition) is 1. The highest BCUT2D eigenvalue weighted by atomic mass is 35.5. The van der Waals surface area contributed by atoms with Crippen molar-refractivity contribution in [3.8, 4) is 11.3 Å². The molecular formula is C18H10Cl2N2OS2. The Balaban J connectivity index is 1.58. The average Bonchev–Trinajstić information content (AvgIpc) is 3.21. The summed E-state index contributed by atoms with van der Waals surface area (Å²) in [5, 5.41) is 7.30. The molecule has 2 aromatic carbocycles. The number of benzene rings is 2. The third-order valence-corrected chi connectivity index (χ3v) is 6.29. The molecule has 1 amide bonds. The van der Waals surface area contributed by atoms with Crippen LogP contribution in [0.5, 0.6) is 0 Å². The fourth-order valence-corrected chi connectivity index (χ4v) is 4.65. The molecule has 1 N–H and O–H groups in total. The van der Waals surface area contributed by atoms with Crippen LogP contribution in [0.2, 0.25) is 10.0 Å². The van der Waals surface area contributed by atoms with Gasteiger partial charge in [0, 0.05) is 26.1 Å². The number of hydrogen-bond acceptors (Lipinski definition) is 4. The highest BCUT2D eigenvalue weighted by Crippen LogP contribution is 2.36. The SMILES string of the molecule is O=C(Nc1nc(-c2ccc(Cl)cc2)cs1)c1sc2ccccc2c1Cl. The van der Waals surface area contributed by atoms with E-state index in [0.29, 0.717) is 20.1 Å². The fourth-order valence-electron chi connectivity index (χ4n) is 2.40. The minimum atomic E-state index is -0.247. The Kier molecular flexibility index (Phi) is 4.48. The molecule has 0 fully saturated rings. The maximum atomic E-state index is 12.6. The van der Waals surface area contributed by atoms with Gasteiger partial charge >= 0.3 is 0 Å². The van der Waals surface area contributed by atoms with Gasteiger partial charge in [0.1, 0.15) is 4.88 Å². The molecule has 0 saturated heterocycles. The zero-order valence-electron chi connectivity index (χ0n) is 12.6. The number of amides is 1. The van der Waals surface area contributed by atoms with Crippen LogP contribution in [-0.2, 0) is 0 Å². The Morgan fingerprint density at radius 1 is 1.04 bits per heavy atom. The first-order valence-electron chi connectivity index (χ1n) is 7.31. The highest BCUT2D eigenvalue weighted by molar-refractivity contribution is 7.21. The second kappa shape index (κ2) is 6.77. The molecular weight excluding hydrogens is 395 g/mol. The minimum absolute atomic E-state index is 0.247. The van der Waals surface area contributed by atoms with Gasteiger partial charge in [0.05, 0.1) is 10.7 Å². The van der Waals surface area contributed by atoms with Crippen LogP contribution >= 0.6 is 45.9 Å². The van der Waals surface area contributed by atoms with E-state index in [1.807, 2.05) is 53.9 Å². The molecule has 0 saturated carbocycles. The quantitative estimate of drug-likeness (QED) is 0.418. The number of nitrogens with one attached hydrogen (secondary N) is 1. The summed E-state index contributed by atoms with van der Waals surface area (Å²) in [7, 11) is 0. The second-order valence-corrected chi connectivity index (χ2v) is 7.96. The fraction of sp³-hybridized carbons (Fsp3) is 0. The van der Waals surface area contributed by atoms with E-state index in [1.165, 1.54) is 22.7 Å². The van der Waals surface area contributed by atoms with Crippen LogP contribution in [0.25, 0.3) is 21.3 Å². The summed E-state index contributed by atoms with van der Waals surface area (Å²) in [5.41, 5.74) is 1.74. The van der Waals surface area contributed by atoms with Gasteiger partial charge in [-0.2, -0.15) is 0 Å². The van der Waals surface area contributed by atoms with Gasteiger partial charge in [-0.1, -0.05) is 53.5 Å². The summed E-state index contributed by atoms with van der Waals surface area (Å²) in [6.07, 6.45) is 0. The Morgan fingerprint density at radius 2 is 1.80 bits per heavy atom.